The lowest BCUT2D eigenvalue weighted by Crippen LogP contribution is -1.90. The number of allylic oxidation sites excluding steroid dienone is 5. The van der Waals surface area contributed by atoms with E-state index in [1.165, 1.54) is 16.0 Å². The van der Waals surface area contributed by atoms with Gasteiger partial charge in [0.05, 0.1) is 0 Å². The second-order valence-corrected chi connectivity index (χ2v) is 4.21. The Bertz CT molecular complexity index is 377. The third-order valence-electron chi connectivity index (χ3n) is 2.32. The van der Waals surface area contributed by atoms with Crippen molar-refractivity contribution in [2.75, 3.05) is 0 Å². The van der Waals surface area contributed by atoms with Gasteiger partial charge in [0.15, 0.2) is 0 Å². The Morgan fingerprint density at radius 3 is 2.92 bits per heavy atom. The lowest BCUT2D eigenvalue weighted by atomic mass is 9.96. The summed E-state index contributed by atoms with van der Waals surface area (Å²) in [6, 6.07) is 4.26. The van der Waals surface area contributed by atoms with Crippen LogP contribution in [0.3, 0.4) is 0 Å². The van der Waals surface area contributed by atoms with Crippen LogP contribution < -0.4 is 0 Å². The molecule has 1 aliphatic rings. The van der Waals surface area contributed by atoms with Gasteiger partial charge in [-0.2, -0.15) is 0 Å². The molecule has 1 aromatic rings. The fraction of sp³-hybridized carbons (Fsp3) is 0.167. The van der Waals surface area contributed by atoms with Gasteiger partial charge in [-0.3, -0.25) is 0 Å². The van der Waals surface area contributed by atoms with Crippen LogP contribution >= 0.6 is 11.3 Å². The number of hydrogen-bond donors (Lipinski definition) is 0. The normalized spacial score (nSPS) is 16.8. The molecule has 1 aliphatic carbocycles. The van der Waals surface area contributed by atoms with Gasteiger partial charge in [0, 0.05) is 4.88 Å². The molecule has 1 heterocycles. The average molecular weight is 188 g/mol. The molecular weight excluding hydrogens is 176 g/mol. The Morgan fingerprint density at radius 2 is 2.31 bits per heavy atom. The van der Waals surface area contributed by atoms with E-state index in [0.29, 0.717) is 0 Å². The van der Waals surface area contributed by atoms with Crippen LogP contribution in [0.5, 0.6) is 0 Å². The molecule has 0 amide bonds. The molecule has 13 heavy (non-hydrogen) atoms. The van der Waals surface area contributed by atoms with Gasteiger partial charge >= 0.3 is 0 Å². The van der Waals surface area contributed by atoms with Crippen molar-refractivity contribution in [2.45, 2.75) is 13.3 Å². The van der Waals surface area contributed by atoms with Crippen molar-refractivity contribution in [3.05, 3.63) is 52.3 Å². The van der Waals surface area contributed by atoms with Crippen LogP contribution in [0, 0.1) is 0 Å². The van der Waals surface area contributed by atoms with E-state index < -0.39 is 0 Å². The van der Waals surface area contributed by atoms with Crippen molar-refractivity contribution in [2.24, 2.45) is 0 Å². The van der Waals surface area contributed by atoms with Crippen molar-refractivity contribution in [3.8, 4) is 0 Å². The highest BCUT2D eigenvalue weighted by Crippen LogP contribution is 2.30. The minimum Gasteiger partial charge on any atom is -0.144 e. The molecule has 1 heteroatoms. The molecule has 0 saturated carbocycles. The third-order valence-corrected chi connectivity index (χ3v) is 3.27. The number of thiophene rings is 1. The number of rotatable bonds is 1. The van der Waals surface area contributed by atoms with Gasteiger partial charge in [-0.05, 0) is 41.5 Å². The first-order valence-corrected chi connectivity index (χ1v) is 5.26. The summed E-state index contributed by atoms with van der Waals surface area (Å²) >= 11 is 1.79. The zero-order valence-electron chi connectivity index (χ0n) is 7.71. The summed E-state index contributed by atoms with van der Waals surface area (Å²) < 4.78 is 0. The molecule has 0 bridgehead atoms. The minimum atomic E-state index is 1.05. The summed E-state index contributed by atoms with van der Waals surface area (Å²) in [5.41, 5.74) is 3.85. The van der Waals surface area contributed by atoms with Gasteiger partial charge in [-0.25, -0.2) is 0 Å². The van der Waals surface area contributed by atoms with E-state index in [0.717, 1.165) is 12.0 Å². The molecule has 0 unspecified atom stereocenters. The summed E-state index contributed by atoms with van der Waals surface area (Å²) in [5.74, 6) is 0. The van der Waals surface area contributed by atoms with Crippen molar-refractivity contribution >= 4 is 16.9 Å². The first-order chi connectivity index (χ1) is 6.27. The lowest BCUT2D eigenvalue weighted by Gasteiger charge is -2.11. The quantitative estimate of drug-likeness (QED) is 0.624. The second kappa shape index (κ2) is 3.35. The van der Waals surface area contributed by atoms with Gasteiger partial charge in [-0.15, -0.1) is 11.3 Å². The topological polar surface area (TPSA) is 0 Å². The molecule has 0 nitrogen and oxygen atoms in total. The third kappa shape index (κ3) is 1.65. The van der Waals surface area contributed by atoms with E-state index in [2.05, 4.69) is 43.2 Å². The molecule has 0 radical (unpaired) electrons. The fourth-order valence-corrected chi connectivity index (χ4v) is 2.16. The van der Waals surface area contributed by atoms with Gasteiger partial charge in [-0.1, -0.05) is 24.8 Å². The smallest absolute Gasteiger partial charge is 0.0305 e. The largest absolute Gasteiger partial charge is 0.144 e. The highest BCUT2D eigenvalue weighted by atomic mass is 32.1. The standard InChI is InChI=1S/C12H12S/c1-9-5-6-11(8-10(9)2)12-4-3-7-13-12/h3-5,7-8H,2,6H2,1H3. The lowest BCUT2D eigenvalue weighted by molar-refractivity contribution is 1.28. The average Bonchev–Trinajstić information content (AvgIpc) is 2.62. The Kier molecular flexibility index (Phi) is 2.19. The van der Waals surface area contributed by atoms with Crippen LogP contribution in [0.4, 0.5) is 0 Å². The minimum absolute atomic E-state index is 1.05. The molecule has 66 valence electrons. The molecule has 0 N–H and O–H groups in total. The monoisotopic (exact) mass is 188 g/mol. The van der Waals surface area contributed by atoms with Gasteiger partial charge < -0.3 is 0 Å². The van der Waals surface area contributed by atoms with E-state index >= 15 is 0 Å². The van der Waals surface area contributed by atoms with Crippen LogP contribution in [0.1, 0.15) is 18.2 Å². The molecular formula is C12H12S. The summed E-state index contributed by atoms with van der Waals surface area (Å²) in [6.45, 7) is 6.13. The predicted octanol–water partition coefficient (Wildman–Crippen LogP) is 4.04. The van der Waals surface area contributed by atoms with Crippen LogP contribution in [-0.2, 0) is 0 Å². The van der Waals surface area contributed by atoms with Crippen LogP contribution in [0.25, 0.3) is 5.57 Å². The summed E-state index contributed by atoms with van der Waals surface area (Å²) in [5, 5.41) is 2.12. The Morgan fingerprint density at radius 1 is 1.46 bits per heavy atom. The Hall–Kier alpha value is -1.08. The highest BCUT2D eigenvalue weighted by molar-refractivity contribution is 7.11. The summed E-state index contributed by atoms with van der Waals surface area (Å²) in [4.78, 5) is 1.37. The van der Waals surface area contributed by atoms with Gasteiger partial charge in [0.2, 0.25) is 0 Å². The van der Waals surface area contributed by atoms with Gasteiger partial charge in [0.25, 0.3) is 0 Å². The van der Waals surface area contributed by atoms with Crippen molar-refractivity contribution < 1.29 is 0 Å². The summed E-state index contributed by atoms with van der Waals surface area (Å²) in [6.07, 6.45) is 5.49. The Balaban J connectivity index is 2.30. The first-order valence-electron chi connectivity index (χ1n) is 4.38. The predicted molar refractivity (Wildman–Crippen MR) is 59.8 cm³/mol. The molecule has 0 atom stereocenters. The van der Waals surface area contributed by atoms with E-state index in [9.17, 15) is 0 Å². The van der Waals surface area contributed by atoms with Crippen LogP contribution in [-0.4, -0.2) is 0 Å². The molecule has 0 aromatic carbocycles. The summed E-state index contributed by atoms with van der Waals surface area (Å²) in [7, 11) is 0. The fourth-order valence-electron chi connectivity index (χ4n) is 1.41. The number of hydrogen-bond acceptors (Lipinski definition) is 1. The van der Waals surface area contributed by atoms with E-state index in [-0.39, 0.29) is 0 Å². The molecule has 0 aliphatic heterocycles. The molecule has 0 spiro atoms. The molecule has 0 fully saturated rings. The van der Waals surface area contributed by atoms with Gasteiger partial charge in [0.1, 0.15) is 0 Å². The van der Waals surface area contributed by atoms with E-state index in [4.69, 9.17) is 0 Å². The molecule has 1 aromatic heterocycles. The zero-order valence-corrected chi connectivity index (χ0v) is 8.53. The van der Waals surface area contributed by atoms with Crippen molar-refractivity contribution in [3.63, 3.8) is 0 Å². The molecule has 0 saturated heterocycles. The van der Waals surface area contributed by atoms with Crippen molar-refractivity contribution in [1.82, 2.24) is 0 Å². The van der Waals surface area contributed by atoms with Crippen LogP contribution in [0.15, 0.2) is 47.4 Å². The van der Waals surface area contributed by atoms with E-state index in [1.807, 2.05) is 0 Å². The van der Waals surface area contributed by atoms with E-state index in [1.54, 1.807) is 11.3 Å². The SMILES string of the molecule is C=C1C=C(c2cccs2)CC=C1C. The van der Waals surface area contributed by atoms with Crippen molar-refractivity contribution in [1.29, 1.82) is 0 Å². The highest BCUT2D eigenvalue weighted by Gasteiger charge is 2.07. The maximum atomic E-state index is 4.02. The maximum absolute atomic E-state index is 4.02. The Labute approximate surface area is 82.9 Å². The maximum Gasteiger partial charge on any atom is 0.0305 e. The zero-order chi connectivity index (χ0) is 9.26. The first kappa shape index (κ1) is 8.52. The molecule has 2 rings (SSSR count). The van der Waals surface area contributed by atoms with Crippen LogP contribution in [0.2, 0.25) is 0 Å². The second-order valence-electron chi connectivity index (χ2n) is 3.26.